The lowest BCUT2D eigenvalue weighted by Crippen LogP contribution is -1.83. The largest absolute Gasteiger partial charge is 0.497 e. The third-order valence-electron chi connectivity index (χ3n) is 3.42. The van der Waals surface area contributed by atoms with Crippen molar-refractivity contribution < 1.29 is 4.74 Å². The van der Waals surface area contributed by atoms with Crippen LogP contribution >= 0.6 is 0 Å². The average molecular weight is 272 g/mol. The van der Waals surface area contributed by atoms with Crippen molar-refractivity contribution >= 4 is 10.8 Å². The molecule has 0 saturated carbocycles. The molecule has 1 nitrogen and oxygen atoms in total. The Hall–Kier alpha value is -2.72. The van der Waals surface area contributed by atoms with Crippen molar-refractivity contribution in [3.8, 4) is 17.6 Å². The van der Waals surface area contributed by atoms with E-state index in [1.54, 1.807) is 7.11 Å². The Kier molecular flexibility index (Phi) is 3.89. The van der Waals surface area contributed by atoms with Crippen LogP contribution in [0.4, 0.5) is 0 Å². The molecule has 3 aromatic rings. The van der Waals surface area contributed by atoms with Gasteiger partial charge in [0.05, 0.1) is 7.11 Å². The minimum Gasteiger partial charge on any atom is -0.497 e. The maximum atomic E-state index is 5.24. The molecule has 0 aliphatic rings. The molecule has 0 aromatic heterocycles. The van der Waals surface area contributed by atoms with Gasteiger partial charge >= 0.3 is 0 Å². The highest BCUT2D eigenvalue weighted by molar-refractivity contribution is 5.85. The molecule has 0 spiro atoms. The maximum Gasteiger partial charge on any atom is 0.119 e. The summed E-state index contributed by atoms with van der Waals surface area (Å²) in [5.74, 6) is 7.34. The highest BCUT2D eigenvalue weighted by Crippen LogP contribution is 2.21. The zero-order valence-electron chi connectivity index (χ0n) is 12.0. The number of hydrogen-bond acceptors (Lipinski definition) is 1. The van der Waals surface area contributed by atoms with Crippen LogP contribution in [0, 0.1) is 11.8 Å². The summed E-state index contributed by atoms with van der Waals surface area (Å²) in [4.78, 5) is 0. The van der Waals surface area contributed by atoms with E-state index in [2.05, 4.69) is 48.2 Å². The Labute approximate surface area is 125 Å². The first kappa shape index (κ1) is 13.3. The quantitative estimate of drug-likeness (QED) is 0.627. The highest BCUT2D eigenvalue weighted by atomic mass is 16.5. The van der Waals surface area contributed by atoms with Gasteiger partial charge in [-0.25, -0.2) is 0 Å². The van der Waals surface area contributed by atoms with Crippen LogP contribution in [0.1, 0.15) is 11.1 Å². The number of ether oxygens (including phenoxy) is 1. The summed E-state index contributed by atoms with van der Waals surface area (Å²) in [6.07, 6.45) is 0.779. The fourth-order valence-electron chi connectivity index (χ4n) is 2.27. The van der Waals surface area contributed by atoms with Crippen molar-refractivity contribution in [2.24, 2.45) is 0 Å². The first-order chi connectivity index (χ1) is 10.3. The molecule has 3 aromatic carbocycles. The van der Waals surface area contributed by atoms with Crippen molar-refractivity contribution in [2.75, 3.05) is 7.11 Å². The maximum absolute atomic E-state index is 5.24. The highest BCUT2D eigenvalue weighted by Gasteiger charge is 1.97. The molecule has 1 heteroatoms. The Balaban J connectivity index is 1.82. The van der Waals surface area contributed by atoms with E-state index < -0.39 is 0 Å². The van der Waals surface area contributed by atoms with Crippen molar-refractivity contribution in [1.82, 2.24) is 0 Å². The van der Waals surface area contributed by atoms with Crippen LogP contribution in [0.15, 0.2) is 66.7 Å². The van der Waals surface area contributed by atoms with Gasteiger partial charge in [-0.3, -0.25) is 0 Å². The fourth-order valence-corrected chi connectivity index (χ4v) is 2.27. The van der Waals surface area contributed by atoms with Crippen LogP contribution in [0.25, 0.3) is 10.8 Å². The van der Waals surface area contributed by atoms with Crippen molar-refractivity contribution in [3.63, 3.8) is 0 Å². The van der Waals surface area contributed by atoms with E-state index in [0.717, 1.165) is 17.7 Å². The Bertz CT molecular complexity index is 807. The van der Waals surface area contributed by atoms with Gasteiger partial charge in [-0.05, 0) is 40.6 Å². The van der Waals surface area contributed by atoms with Gasteiger partial charge in [0.2, 0.25) is 0 Å². The smallest absolute Gasteiger partial charge is 0.119 e. The van der Waals surface area contributed by atoms with E-state index in [1.165, 1.54) is 16.3 Å². The summed E-state index contributed by atoms with van der Waals surface area (Å²) in [6.45, 7) is 0. The molecule has 0 N–H and O–H groups in total. The summed E-state index contributed by atoms with van der Waals surface area (Å²) >= 11 is 0. The minimum absolute atomic E-state index is 0.779. The monoisotopic (exact) mass is 272 g/mol. The van der Waals surface area contributed by atoms with Gasteiger partial charge in [-0.2, -0.15) is 0 Å². The van der Waals surface area contributed by atoms with Crippen molar-refractivity contribution in [2.45, 2.75) is 6.42 Å². The number of hydrogen-bond donors (Lipinski definition) is 0. The summed E-state index contributed by atoms with van der Waals surface area (Å²) in [7, 11) is 1.69. The normalized spacial score (nSPS) is 9.95. The summed E-state index contributed by atoms with van der Waals surface area (Å²) in [5.41, 5.74) is 2.29. The molecule has 0 aliphatic carbocycles. The molecule has 0 radical (unpaired) electrons. The third kappa shape index (κ3) is 3.24. The average Bonchev–Trinajstić information content (AvgIpc) is 2.55. The first-order valence-corrected chi connectivity index (χ1v) is 6.96. The van der Waals surface area contributed by atoms with Gasteiger partial charge in [0.25, 0.3) is 0 Å². The van der Waals surface area contributed by atoms with E-state index in [-0.39, 0.29) is 0 Å². The third-order valence-corrected chi connectivity index (χ3v) is 3.42. The number of benzene rings is 3. The SMILES string of the molecule is COc1ccc2cc(C#CCc3ccccc3)ccc2c1. The van der Waals surface area contributed by atoms with E-state index >= 15 is 0 Å². The van der Waals surface area contributed by atoms with E-state index in [1.807, 2.05) is 30.3 Å². The molecule has 0 atom stereocenters. The Morgan fingerprint density at radius 1 is 0.857 bits per heavy atom. The molecule has 0 unspecified atom stereocenters. The molecule has 3 rings (SSSR count). The standard InChI is InChI=1S/C20H16O/c1-21-20-13-12-18-14-17(10-11-19(18)15-20)9-5-8-16-6-3-2-4-7-16/h2-4,6-7,10-15H,8H2,1H3. The van der Waals surface area contributed by atoms with Gasteiger partial charge < -0.3 is 4.74 Å². The minimum atomic E-state index is 0.779. The zero-order valence-corrected chi connectivity index (χ0v) is 12.0. The van der Waals surface area contributed by atoms with Gasteiger partial charge in [-0.15, -0.1) is 0 Å². The predicted molar refractivity (Wildman–Crippen MR) is 87.5 cm³/mol. The zero-order chi connectivity index (χ0) is 14.5. The second-order valence-electron chi connectivity index (χ2n) is 4.89. The number of fused-ring (bicyclic) bond motifs is 1. The molecule has 0 fully saturated rings. The van der Waals surface area contributed by atoms with Crippen molar-refractivity contribution in [3.05, 3.63) is 77.9 Å². The molecular formula is C20H16O. The summed E-state index contributed by atoms with van der Waals surface area (Å²) in [5, 5.41) is 2.35. The number of methoxy groups -OCH3 is 1. The van der Waals surface area contributed by atoms with Crippen molar-refractivity contribution in [1.29, 1.82) is 0 Å². The predicted octanol–water partition coefficient (Wildman–Crippen LogP) is 4.44. The van der Waals surface area contributed by atoms with Crippen LogP contribution in [0.5, 0.6) is 5.75 Å². The summed E-state index contributed by atoms with van der Waals surface area (Å²) < 4.78 is 5.24. The Morgan fingerprint density at radius 3 is 2.43 bits per heavy atom. The van der Waals surface area contributed by atoms with E-state index in [9.17, 15) is 0 Å². The second-order valence-corrected chi connectivity index (χ2v) is 4.89. The fraction of sp³-hybridized carbons (Fsp3) is 0.100. The lowest BCUT2D eigenvalue weighted by atomic mass is 10.1. The lowest BCUT2D eigenvalue weighted by Gasteiger charge is -2.02. The van der Waals surface area contributed by atoms with E-state index in [0.29, 0.717) is 0 Å². The van der Waals surface area contributed by atoms with Crippen LogP contribution in [0.3, 0.4) is 0 Å². The Morgan fingerprint density at radius 2 is 1.62 bits per heavy atom. The van der Waals surface area contributed by atoms with Crippen LogP contribution < -0.4 is 4.74 Å². The van der Waals surface area contributed by atoms with Gasteiger partial charge in [0, 0.05) is 12.0 Å². The molecule has 21 heavy (non-hydrogen) atoms. The van der Waals surface area contributed by atoms with Gasteiger partial charge in [0.15, 0.2) is 0 Å². The van der Waals surface area contributed by atoms with Gasteiger partial charge in [0.1, 0.15) is 5.75 Å². The second kappa shape index (κ2) is 6.15. The van der Waals surface area contributed by atoms with Crippen LogP contribution in [0.2, 0.25) is 0 Å². The summed E-state index contributed by atoms with van der Waals surface area (Å²) in [6, 6.07) is 22.6. The molecule has 0 heterocycles. The molecule has 0 bridgehead atoms. The lowest BCUT2D eigenvalue weighted by molar-refractivity contribution is 0.415. The first-order valence-electron chi connectivity index (χ1n) is 6.96. The topological polar surface area (TPSA) is 9.23 Å². The van der Waals surface area contributed by atoms with Gasteiger partial charge in [-0.1, -0.05) is 54.3 Å². The molecule has 0 amide bonds. The van der Waals surface area contributed by atoms with Crippen LogP contribution in [-0.2, 0) is 6.42 Å². The van der Waals surface area contributed by atoms with Crippen LogP contribution in [-0.4, -0.2) is 7.11 Å². The molecular weight excluding hydrogens is 256 g/mol. The molecule has 0 aliphatic heterocycles. The molecule has 0 saturated heterocycles. The number of rotatable bonds is 2. The molecule has 102 valence electrons. The van der Waals surface area contributed by atoms with E-state index in [4.69, 9.17) is 4.74 Å².